The minimum Gasteiger partial charge on any atom is -0.343 e. The van der Waals surface area contributed by atoms with E-state index in [9.17, 15) is 9.59 Å². The van der Waals surface area contributed by atoms with Crippen LogP contribution in [0.25, 0.3) is 0 Å². The summed E-state index contributed by atoms with van der Waals surface area (Å²) in [6, 6.07) is 5.54. The van der Waals surface area contributed by atoms with Gasteiger partial charge in [0.05, 0.1) is 12.1 Å². The lowest BCUT2D eigenvalue weighted by atomic mass is 10.2. The van der Waals surface area contributed by atoms with E-state index in [0.717, 1.165) is 34.0 Å². The summed E-state index contributed by atoms with van der Waals surface area (Å²) in [7, 11) is 0. The van der Waals surface area contributed by atoms with Gasteiger partial charge in [-0.3, -0.25) is 9.59 Å². The molecule has 0 aliphatic carbocycles. The minimum atomic E-state index is -0.224. The van der Waals surface area contributed by atoms with Gasteiger partial charge in [-0.15, -0.1) is 0 Å². The molecule has 1 fully saturated rings. The molecule has 0 spiro atoms. The first-order valence-corrected chi connectivity index (χ1v) is 7.96. The fourth-order valence-corrected chi connectivity index (χ4v) is 2.92. The van der Waals surface area contributed by atoms with Crippen LogP contribution in [0, 0.1) is 3.57 Å². The van der Waals surface area contributed by atoms with Crippen LogP contribution in [-0.2, 0) is 4.79 Å². The first-order valence-electron chi connectivity index (χ1n) is 6.09. The van der Waals surface area contributed by atoms with Crippen molar-refractivity contribution in [3.05, 3.63) is 31.8 Å². The van der Waals surface area contributed by atoms with Crippen molar-refractivity contribution < 1.29 is 9.59 Å². The van der Waals surface area contributed by atoms with Crippen LogP contribution < -0.4 is 5.32 Å². The quantitative estimate of drug-likeness (QED) is 0.739. The van der Waals surface area contributed by atoms with Crippen LogP contribution in [0.5, 0.6) is 0 Å². The molecule has 4 nitrogen and oxygen atoms in total. The molecule has 0 atom stereocenters. The molecule has 2 amide bonds. The molecule has 0 bridgehead atoms. The molecule has 0 aromatic heterocycles. The van der Waals surface area contributed by atoms with Crippen LogP contribution in [-0.4, -0.2) is 36.3 Å². The fourth-order valence-electron chi connectivity index (χ4n) is 2.00. The van der Waals surface area contributed by atoms with Crippen molar-refractivity contribution in [3.8, 4) is 0 Å². The Hall–Kier alpha value is -0.630. The lowest BCUT2D eigenvalue weighted by molar-refractivity contribution is -0.129. The predicted molar refractivity (Wildman–Crippen MR) is 85.0 cm³/mol. The number of rotatable bonds is 3. The highest BCUT2D eigenvalue weighted by Crippen LogP contribution is 2.19. The Balaban J connectivity index is 1.93. The van der Waals surface area contributed by atoms with Gasteiger partial charge in [-0.05, 0) is 69.6 Å². The fraction of sp³-hybridized carbons (Fsp3) is 0.385. The molecule has 1 aliphatic heterocycles. The number of nitrogens with zero attached hydrogens (tertiary/aromatic N) is 1. The summed E-state index contributed by atoms with van der Waals surface area (Å²) >= 11 is 5.50. The molecule has 1 aromatic rings. The highest BCUT2D eigenvalue weighted by Gasteiger charge is 2.19. The zero-order valence-corrected chi connectivity index (χ0v) is 14.0. The van der Waals surface area contributed by atoms with Gasteiger partial charge in [-0.1, -0.05) is 0 Å². The van der Waals surface area contributed by atoms with Crippen LogP contribution in [0.3, 0.4) is 0 Å². The van der Waals surface area contributed by atoms with Gasteiger partial charge in [0.2, 0.25) is 5.91 Å². The molecule has 1 saturated heterocycles. The maximum absolute atomic E-state index is 12.0. The van der Waals surface area contributed by atoms with E-state index in [4.69, 9.17) is 0 Å². The molecule has 19 heavy (non-hydrogen) atoms. The van der Waals surface area contributed by atoms with Crippen LogP contribution >= 0.6 is 38.5 Å². The van der Waals surface area contributed by atoms with Crippen molar-refractivity contribution in [2.75, 3.05) is 19.6 Å². The molecular formula is C13H14BrIN2O2. The van der Waals surface area contributed by atoms with Crippen molar-refractivity contribution in [2.45, 2.75) is 12.8 Å². The molecule has 6 heteroatoms. The first kappa shape index (κ1) is 14.8. The summed E-state index contributed by atoms with van der Waals surface area (Å²) in [6.45, 7) is 1.68. The molecule has 0 unspecified atom stereocenters. The van der Waals surface area contributed by atoms with Crippen molar-refractivity contribution in [3.63, 3.8) is 0 Å². The maximum Gasteiger partial charge on any atom is 0.252 e. The average molecular weight is 437 g/mol. The Morgan fingerprint density at radius 2 is 2.00 bits per heavy atom. The number of likely N-dealkylation sites (tertiary alicyclic amines) is 1. The van der Waals surface area contributed by atoms with Crippen LogP contribution in [0.1, 0.15) is 23.2 Å². The minimum absolute atomic E-state index is 0.00685. The molecule has 1 aromatic carbocycles. The third-order valence-corrected chi connectivity index (χ3v) is 4.39. The second kappa shape index (κ2) is 6.69. The summed E-state index contributed by atoms with van der Waals surface area (Å²) in [5.74, 6) is -0.231. The summed E-state index contributed by atoms with van der Waals surface area (Å²) in [6.07, 6.45) is 2.12. The number of carbonyl (C=O) groups excluding carboxylic acids is 2. The van der Waals surface area contributed by atoms with Crippen molar-refractivity contribution in [1.82, 2.24) is 10.2 Å². The number of carbonyl (C=O) groups is 2. The molecule has 0 saturated carbocycles. The van der Waals surface area contributed by atoms with Crippen LogP contribution in [0.2, 0.25) is 0 Å². The summed E-state index contributed by atoms with van der Waals surface area (Å²) in [5, 5.41) is 2.68. The molecule has 1 N–H and O–H groups in total. The number of nitrogens with one attached hydrogen (secondary N) is 1. The Morgan fingerprint density at radius 3 is 2.68 bits per heavy atom. The van der Waals surface area contributed by atoms with Crippen molar-refractivity contribution in [2.24, 2.45) is 0 Å². The summed E-state index contributed by atoms with van der Waals surface area (Å²) in [4.78, 5) is 25.6. The van der Waals surface area contributed by atoms with E-state index in [1.54, 1.807) is 11.0 Å². The number of halogens is 2. The van der Waals surface area contributed by atoms with Gasteiger partial charge in [0, 0.05) is 21.1 Å². The third-order valence-electron chi connectivity index (χ3n) is 3.03. The molecule has 102 valence electrons. The van der Waals surface area contributed by atoms with E-state index < -0.39 is 0 Å². The van der Waals surface area contributed by atoms with Gasteiger partial charge in [-0.2, -0.15) is 0 Å². The summed E-state index contributed by atoms with van der Waals surface area (Å²) < 4.78 is 1.72. The van der Waals surface area contributed by atoms with Crippen LogP contribution in [0.15, 0.2) is 22.7 Å². The van der Waals surface area contributed by atoms with Gasteiger partial charge in [-0.25, -0.2) is 0 Å². The Morgan fingerprint density at radius 1 is 1.32 bits per heavy atom. The van der Waals surface area contributed by atoms with Gasteiger partial charge >= 0.3 is 0 Å². The first-order chi connectivity index (χ1) is 9.08. The smallest absolute Gasteiger partial charge is 0.252 e. The second-order valence-electron chi connectivity index (χ2n) is 4.39. The standard InChI is InChI=1S/C13H14BrIN2O2/c14-11-4-3-9(15)7-10(11)13(19)16-8-12(18)17-5-1-2-6-17/h3-4,7H,1-2,5-6,8H2,(H,16,19). The number of hydrogen-bond acceptors (Lipinski definition) is 2. The second-order valence-corrected chi connectivity index (χ2v) is 6.49. The van der Waals surface area contributed by atoms with Gasteiger partial charge in [0.25, 0.3) is 5.91 Å². The normalized spacial score (nSPS) is 14.5. The third kappa shape index (κ3) is 3.92. The number of hydrogen-bond donors (Lipinski definition) is 1. The van der Waals surface area contributed by atoms with E-state index >= 15 is 0 Å². The highest BCUT2D eigenvalue weighted by atomic mass is 127. The van der Waals surface area contributed by atoms with Gasteiger partial charge in [0.15, 0.2) is 0 Å². The van der Waals surface area contributed by atoms with E-state index in [2.05, 4.69) is 43.8 Å². The Labute approximate surface area is 134 Å². The van der Waals surface area contributed by atoms with Crippen LogP contribution in [0.4, 0.5) is 0 Å². The predicted octanol–water partition coefficient (Wildman–Crippen LogP) is 2.41. The van der Waals surface area contributed by atoms with E-state index in [0.29, 0.717) is 5.56 Å². The molecule has 2 rings (SSSR count). The number of amides is 2. The largest absolute Gasteiger partial charge is 0.343 e. The lowest BCUT2D eigenvalue weighted by Crippen LogP contribution is -2.38. The summed E-state index contributed by atoms with van der Waals surface area (Å²) in [5.41, 5.74) is 0.557. The molecular weight excluding hydrogens is 423 g/mol. The zero-order chi connectivity index (χ0) is 13.8. The van der Waals surface area contributed by atoms with E-state index in [1.807, 2.05) is 12.1 Å². The highest BCUT2D eigenvalue weighted by molar-refractivity contribution is 14.1. The Kier molecular flexibility index (Phi) is 5.20. The SMILES string of the molecule is O=C(NCC(=O)N1CCCC1)c1cc(I)ccc1Br. The zero-order valence-electron chi connectivity index (χ0n) is 10.3. The van der Waals surface area contributed by atoms with E-state index in [-0.39, 0.29) is 18.4 Å². The monoisotopic (exact) mass is 436 g/mol. The van der Waals surface area contributed by atoms with E-state index in [1.165, 1.54) is 0 Å². The average Bonchev–Trinajstić information content (AvgIpc) is 2.92. The maximum atomic E-state index is 12.0. The van der Waals surface area contributed by atoms with Gasteiger partial charge < -0.3 is 10.2 Å². The van der Waals surface area contributed by atoms with Gasteiger partial charge in [0.1, 0.15) is 0 Å². The molecule has 1 aliphatic rings. The lowest BCUT2D eigenvalue weighted by Gasteiger charge is -2.15. The van der Waals surface area contributed by atoms with Crippen molar-refractivity contribution in [1.29, 1.82) is 0 Å². The molecule has 1 heterocycles. The number of benzene rings is 1. The molecule has 0 radical (unpaired) electrons. The van der Waals surface area contributed by atoms with Crippen molar-refractivity contribution >= 4 is 50.3 Å². The topological polar surface area (TPSA) is 49.4 Å². The Bertz CT molecular complexity index is 501.